The molecule has 0 unspecified atom stereocenters. The number of furan rings is 1. The Hall–Kier alpha value is -3.13. The number of aryl methyl sites for hydroxylation is 1. The van der Waals surface area contributed by atoms with Gasteiger partial charge in [0, 0.05) is 10.7 Å². The largest absolute Gasteiger partial charge is 0.467 e. The van der Waals surface area contributed by atoms with Crippen LogP contribution in [0.4, 0.5) is 23.0 Å². The van der Waals surface area contributed by atoms with E-state index >= 15 is 0 Å². The molecule has 0 aliphatic carbocycles. The summed E-state index contributed by atoms with van der Waals surface area (Å²) in [5.74, 6) is 0.798. The maximum atomic E-state index is 11.5. The summed E-state index contributed by atoms with van der Waals surface area (Å²) < 4.78 is 5.20. The molecule has 0 aliphatic heterocycles. The molecule has 2 N–H and O–H groups in total. The van der Waals surface area contributed by atoms with E-state index in [0.717, 1.165) is 5.56 Å². The summed E-state index contributed by atoms with van der Waals surface area (Å²) in [6.45, 7) is 2.14. The molecule has 0 fully saturated rings. The van der Waals surface area contributed by atoms with Gasteiger partial charge in [0.05, 0.1) is 17.7 Å². The first-order valence-electron chi connectivity index (χ1n) is 7.33. The molecule has 0 spiro atoms. The number of rotatable bonds is 6. The van der Waals surface area contributed by atoms with Crippen LogP contribution in [0.15, 0.2) is 47.3 Å². The molecule has 0 atom stereocenters. The summed E-state index contributed by atoms with van der Waals surface area (Å²) in [4.78, 5) is 18.9. The van der Waals surface area contributed by atoms with Crippen molar-refractivity contribution in [3.8, 4) is 0 Å². The van der Waals surface area contributed by atoms with Gasteiger partial charge in [0.25, 0.3) is 0 Å². The lowest BCUT2D eigenvalue weighted by molar-refractivity contribution is -0.383. The zero-order valence-corrected chi connectivity index (χ0v) is 13.9. The maximum Gasteiger partial charge on any atom is 0.353 e. The number of hydrogen-bond donors (Lipinski definition) is 2. The second-order valence-corrected chi connectivity index (χ2v) is 5.61. The van der Waals surface area contributed by atoms with Crippen LogP contribution in [0.25, 0.3) is 0 Å². The molecule has 128 valence electrons. The van der Waals surface area contributed by atoms with Crippen molar-refractivity contribution in [3.63, 3.8) is 0 Å². The lowest BCUT2D eigenvalue weighted by Crippen LogP contribution is -2.08. The van der Waals surface area contributed by atoms with Crippen LogP contribution >= 0.6 is 11.6 Å². The zero-order chi connectivity index (χ0) is 17.8. The van der Waals surface area contributed by atoms with Crippen LogP contribution in [-0.2, 0) is 6.54 Å². The second kappa shape index (κ2) is 7.18. The van der Waals surface area contributed by atoms with Gasteiger partial charge in [-0.1, -0.05) is 17.7 Å². The fourth-order valence-electron chi connectivity index (χ4n) is 2.16. The number of benzene rings is 1. The molecule has 1 aromatic carbocycles. The van der Waals surface area contributed by atoms with Crippen molar-refractivity contribution in [2.75, 3.05) is 10.6 Å². The first-order valence-corrected chi connectivity index (χ1v) is 7.71. The average molecular weight is 360 g/mol. The van der Waals surface area contributed by atoms with Gasteiger partial charge in [-0.25, -0.2) is 9.97 Å². The number of halogens is 1. The summed E-state index contributed by atoms with van der Waals surface area (Å²) in [6, 6.07) is 8.75. The minimum Gasteiger partial charge on any atom is -0.467 e. The number of anilines is 3. The highest BCUT2D eigenvalue weighted by molar-refractivity contribution is 6.31. The zero-order valence-electron chi connectivity index (χ0n) is 13.2. The highest BCUT2D eigenvalue weighted by atomic mass is 35.5. The highest BCUT2D eigenvalue weighted by Crippen LogP contribution is 2.32. The number of nitro groups is 1. The lowest BCUT2D eigenvalue weighted by Gasteiger charge is -2.10. The SMILES string of the molecule is Cc1ccc(Nc2ncnc(NCc3ccco3)c2[N+](=O)[O-])cc1Cl. The average Bonchev–Trinajstić information content (AvgIpc) is 3.09. The Bertz CT molecular complexity index is 899. The summed E-state index contributed by atoms with van der Waals surface area (Å²) in [6.07, 6.45) is 2.77. The van der Waals surface area contributed by atoms with Crippen molar-refractivity contribution in [1.82, 2.24) is 9.97 Å². The molecule has 2 heterocycles. The summed E-state index contributed by atoms with van der Waals surface area (Å²) in [5.41, 5.74) is 1.24. The van der Waals surface area contributed by atoms with Gasteiger partial charge in [-0.3, -0.25) is 10.1 Å². The highest BCUT2D eigenvalue weighted by Gasteiger charge is 2.23. The van der Waals surface area contributed by atoms with Gasteiger partial charge in [0.2, 0.25) is 11.6 Å². The van der Waals surface area contributed by atoms with Crippen LogP contribution in [-0.4, -0.2) is 14.9 Å². The molecule has 0 saturated carbocycles. The number of nitrogens with zero attached hydrogens (tertiary/aromatic N) is 3. The molecule has 2 aromatic heterocycles. The van der Waals surface area contributed by atoms with Gasteiger partial charge in [-0.05, 0) is 36.8 Å². The summed E-state index contributed by atoms with van der Waals surface area (Å²) in [7, 11) is 0. The molecule has 25 heavy (non-hydrogen) atoms. The van der Waals surface area contributed by atoms with E-state index in [-0.39, 0.29) is 23.9 Å². The van der Waals surface area contributed by atoms with Gasteiger partial charge >= 0.3 is 5.69 Å². The molecule has 0 amide bonds. The Balaban J connectivity index is 1.89. The second-order valence-electron chi connectivity index (χ2n) is 5.20. The van der Waals surface area contributed by atoms with Crippen LogP contribution in [0, 0.1) is 17.0 Å². The third kappa shape index (κ3) is 3.86. The first-order chi connectivity index (χ1) is 12.0. The number of aromatic nitrogens is 2. The fraction of sp³-hybridized carbons (Fsp3) is 0.125. The van der Waals surface area contributed by atoms with E-state index in [2.05, 4.69) is 20.6 Å². The topological polar surface area (TPSA) is 106 Å². The van der Waals surface area contributed by atoms with Gasteiger partial charge in [0.1, 0.15) is 12.1 Å². The Morgan fingerprint density at radius 2 is 2.08 bits per heavy atom. The molecular formula is C16H14ClN5O3. The Morgan fingerprint density at radius 1 is 1.28 bits per heavy atom. The third-order valence-electron chi connectivity index (χ3n) is 3.45. The Labute approximate surface area is 148 Å². The molecule has 0 aliphatic rings. The van der Waals surface area contributed by atoms with Gasteiger partial charge in [0.15, 0.2) is 0 Å². The third-order valence-corrected chi connectivity index (χ3v) is 3.86. The normalized spacial score (nSPS) is 10.5. The quantitative estimate of drug-likeness (QED) is 0.499. The van der Waals surface area contributed by atoms with Crippen LogP contribution < -0.4 is 10.6 Å². The fourth-order valence-corrected chi connectivity index (χ4v) is 2.34. The molecule has 8 nitrogen and oxygen atoms in total. The van der Waals surface area contributed by atoms with E-state index in [1.807, 2.05) is 13.0 Å². The maximum absolute atomic E-state index is 11.5. The molecular weight excluding hydrogens is 346 g/mol. The van der Waals surface area contributed by atoms with E-state index in [0.29, 0.717) is 16.5 Å². The van der Waals surface area contributed by atoms with Crippen molar-refractivity contribution >= 4 is 34.6 Å². The minimum absolute atomic E-state index is 0.0712. The Kier molecular flexibility index (Phi) is 4.80. The molecule has 3 aromatic rings. The smallest absolute Gasteiger partial charge is 0.353 e. The van der Waals surface area contributed by atoms with Crippen LogP contribution in [0.2, 0.25) is 5.02 Å². The molecule has 0 saturated heterocycles. The van der Waals surface area contributed by atoms with E-state index in [1.165, 1.54) is 12.6 Å². The van der Waals surface area contributed by atoms with E-state index in [1.54, 1.807) is 24.3 Å². The van der Waals surface area contributed by atoms with Gasteiger partial charge in [-0.15, -0.1) is 0 Å². The standard InChI is InChI=1S/C16H14ClN5O3/c1-10-4-5-11(7-13(10)17)21-16-14(22(23)24)15(19-9-20-16)18-8-12-3-2-6-25-12/h2-7,9H,8H2,1H3,(H2,18,19,20,21). The van der Waals surface area contributed by atoms with Crippen molar-refractivity contribution in [3.05, 3.63) is 69.4 Å². The number of nitrogens with one attached hydrogen (secondary N) is 2. The molecule has 3 rings (SSSR count). The molecule has 0 radical (unpaired) electrons. The van der Waals surface area contributed by atoms with Crippen LogP contribution in [0.3, 0.4) is 0 Å². The van der Waals surface area contributed by atoms with Crippen molar-refractivity contribution in [2.24, 2.45) is 0 Å². The summed E-state index contributed by atoms with van der Waals surface area (Å²) in [5, 5.41) is 17.9. The summed E-state index contributed by atoms with van der Waals surface area (Å²) >= 11 is 6.09. The van der Waals surface area contributed by atoms with Crippen LogP contribution in [0.5, 0.6) is 0 Å². The number of hydrogen-bond acceptors (Lipinski definition) is 7. The van der Waals surface area contributed by atoms with E-state index < -0.39 is 4.92 Å². The van der Waals surface area contributed by atoms with Crippen LogP contribution in [0.1, 0.15) is 11.3 Å². The van der Waals surface area contributed by atoms with Crippen molar-refractivity contribution in [2.45, 2.75) is 13.5 Å². The van der Waals surface area contributed by atoms with E-state index in [9.17, 15) is 10.1 Å². The predicted molar refractivity (Wildman–Crippen MR) is 94.2 cm³/mol. The molecule has 9 heteroatoms. The van der Waals surface area contributed by atoms with Crippen molar-refractivity contribution < 1.29 is 9.34 Å². The lowest BCUT2D eigenvalue weighted by atomic mass is 10.2. The Morgan fingerprint density at radius 3 is 2.76 bits per heavy atom. The van der Waals surface area contributed by atoms with E-state index in [4.69, 9.17) is 16.0 Å². The minimum atomic E-state index is -0.539. The van der Waals surface area contributed by atoms with Crippen molar-refractivity contribution in [1.29, 1.82) is 0 Å². The predicted octanol–water partition coefficient (Wildman–Crippen LogP) is 4.30. The van der Waals surface area contributed by atoms with Gasteiger partial charge < -0.3 is 15.1 Å². The monoisotopic (exact) mass is 359 g/mol. The first kappa shape index (κ1) is 16.7. The van der Waals surface area contributed by atoms with Gasteiger partial charge in [-0.2, -0.15) is 0 Å². The molecule has 0 bridgehead atoms.